The second-order valence-electron chi connectivity index (χ2n) is 5.19. The Balaban J connectivity index is 1.96. The van der Waals surface area contributed by atoms with Crippen molar-refractivity contribution in [2.24, 2.45) is 0 Å². The summed E-state index contributed by atoms with van der Waals surface area (Å²) in [5.41, 5.74) is 0.842. The Kier molecular flexibility index (Phi) is 6.30. The van der Waals surface area contributed by atoms with E-state index in [1.807, 2.05) is 24.3 Å². The van der Waals surface area contributed by atoms with E-state index < -0.39 is 12.1 Å². The molecule has 136 valence electrons. The number of hydrogen-bond donors (Lipinski definition) is 0. The molecular weight excluding hydrogens is 535 g/mol. The standard InChI is InChI=1S/C17H14BrIN2O4S/c1-23-10-6-4-3-5-9(10)7-11(17(22)24-2)25-15-12-13(18)14(19)26-16(12)21-8-20-15/h3-6,8,11H,7H2,1-2H3. The van der Waals surface area contributed by atoms with Gasteiger partial charge in [-0.2, -0.15) is 0 Å². The van der Waals surface area contributed by atoms with Gasteiger partial charge in [-0.1, -0.05) is 18.2 Å². The molecule has 0 spiro atoms. The number of para-hydroxylation sites is 1. The third kappa shape index (κ3) is 3.94. The van der Waals surface area contributed by atoms with Crippen LogP contribution >= 0.6 is 49.9 Å². The number of benzene rings is 1. The number of carbonyl (C=O) groups is 1. The molecule has 9 heteroatoms. The number of halogens is 2. The molecule has 2 aromatic heterocycles. The van der Waals surface area contributed by atoms with Crippen LogP contribution in [0.1, 0.15) is 5.56 Å². The van der Waals surface area contributed by atoms with Gasteiger partial charge in [-0.05, 0) is 50.2 Å². The minimum Gasteiger partial charge on any atom is -0.496 e. The van der Waals surface area contributed by atoms with E-state index in [1.165, 1.54) is 24.8 Å². The fourth-order valence-corrected chi connectivity index (χ4v) is 4.83. The van der Waals surface area contributed by atoms with Crippen molar-refractivity contribution in [2.75, 3.05) is 14.2 Å². The molecule has 0 amide bonds. The summed E-state index contributed by atoms with van der Waals surface area (Å²) in [6, 6.07) is 7.48. The highest BCUT2D eigenvalue weighted by molar-refractivity contribution is 14.1. The molecule has 1 unspecified atom stereocenters. The number of ether oxygens (including phenoxy) is 3. The molecule has 1 atom stereocenters. The minimum absolute atomic E-state index is 0.293. The molecule has 3 aromatic rings. The zero-order valence-corrected chi connectivity index (χ0v) is 18.4. The van der Waals surface area contributed by atoms with Crippen LogP contribution in [0.3, 0.4) is 0 Å². The second kappa shape index (κ2) is 8.49. The Morgan fingerprint density at radius 2 is 2.08 bits per heavy atom. The van der Waals surface area contributed by atoms with E-state index in [1.54, 1.807) is 7.11 Å². The van der Waals surface area contributed by atoms with Crippen LogP contribution in [0.5, 0.6) is 11.6 Å². The maximum absolute atomic E-state index is 12.3. The van der Waals surface area contributed by atoms with Crippen LogP contribution in [0.4, 0.5) is 0 Å². The third-order valence-electron chi connectivity index (χ3n) is 3.67. The van der Waals surface area contributed by atoms with Crippen molar-refractivity contribution in [3.05, 3.63) is 43.5 Å². The number of hydrogen-bond acceptors (Lipinski definition) is 7. The van der Waals surface area contributed by atoms with E-state index in [2.05, 4.69) is 48.5 Å². The number of fused-ring (bicyclic) bond motifs is 1. The van der Waals surface area contributed by atoms with E-state index in [4.69, 9.17) is 14.2 Å². The van der Waals surface area contributed by atoms with Crippen molar-refractivity contribution < 1.29 is 19.0 Å². The first-order valence-electron chi connectivity index (χ1n) is 7.50. The van der Waals surface area contributed by atoms with Crippen LogP contribution in [0.25, 0.3) is 10.2 Å². The normalized spacial score (nSPS) is 12.0. The summed E-state index contributed by atoms with van der Waals surface area (Å²) in [6.45, 7) is 0. The number of esters is 1. The van der Waals surface area contributed by atoms with E-state index in [9.17, 15) is 4.79 Å². The molecule has 2 heterocycles. The van der Waals surface area contributed by atoms with Gasteiger partial charge in [0.15, 0.2) is 0 Å². The van der Waals surface area contributed by atoms with Gasteiger partial charge in [-0.25, -0.2) is 14.8 Å². The lowest BCUT2D eigenvalue weighted by atomic mass is 10.1. The molecule has 0 aliphatic rings. The molecule has 0 saturated carbocycles. The molecule has 0 fully saturated rings. The Morgan fingerprint density at radius 3 is 2.81 bits per heavy atom. The minimum atomic E-state index is -0.862. The summed E-state index contributed by atoms with van der Waals surface area (Å²) >= 11 is 7.28. The number of aromatic nitrogens is 2. The zero-order chi connectivity index (χ0) is 18.7. The number of carbonyl (C=O) groups excluding carboxylic acids is 1. The molecule has 6 nitrogen and oxygen atoms in total. The predicted molar refractivity (Wildman–Crippen MR) is 111 cm³/mol. The first-order chi connectivity index (χ1) is 12.5. The average molecular weight is 549 g/mol. The van der Waals surface area contributed by atoms with Gasteiger partial charge < -0.3 is 14.2 Å². The fourth-order valence-electron chi connectivity index (χ4n) is 2.45. The van der Waals surface area contributed by atoms with E-state index >= 15 is 0 Å². The van der Waals surface area contributed by atoms with E-state index in [0.29, 0.717) is 18.1 Å². The molecule has 0 radical (unpaired) electrons. The van der Waals surface area contributed by atoms with E-state index in [0.717, 1.165) is 23.1 Å². The largest absolute Gasteiger partial charge is 0.496 e. The van der Waals surface area contributed by atoms with Gasteiger partial charge in [0.2, 0.25) is 12.0 Å². The average Bonchev–Trinajstić information content (AvgIpc) is 2.95. The number of nitrogens with zero attached hydrogens (tertiary/aromatic N) is 2. The number of thiophene rings is 1. The van der Waals surface area contributed by atoms with Gasteiger partial charge in [-0.3, -0.25) is 0 Å². The number of methoxy groups -OCH3 is 2. The van der Waals surface area contributed by atoms with Gasteiger partial charge in [0.25, 0.3) is 0 Å². The molecule has 3 rings (SSSR count). The molecule has 26 heavy (non-hydrogen) atoms. The van der Waals surface area contributed by atoms with Gasteiger partial charge in [0, 0.05) is 6.42 Å². The van der Waals surface area contributed by atoms with Crippen molar-refractivity contribution in [1.82, 2.24) is 9.97 Å². The summed E-state index contributed by atoms with van der Waals surface area (Å²) in [4.78, 5) is 21.6. The highest BCUT2D eigenvalue weighted by Crippen LogP contribution is 2.39. The van der Waals surface area contributed by atoms with Gasteiger partial charge >= 0.3 is 5.97 Å². The Bertz CT molecular complexity index is 950. The highest BCUT2D eigenvalue weighted by Gasteiger charge is 2.26. The van der Waals surface area contributed by atoms with Crippen LogP contribution < -0.4 is 9.47 Å². The molecule has 0 bridgehead atoms. The molecule has 0 aliphatic carbocycles. The molecule has 0 saturated heterocycles. The molecule has 1 aromatic carbocycles. The first kappa shape index (κ1) is 19.3. The SMILES string of the molecule is COC(=O)C(Cc1ccccc1OC)Oc1ncnc2sc(I)c(Br)c12. The van der Waals surface area contributed by atoms with Crippen LogP contribution in [0.2, 0.25) is 0 Å². The predicted octanol–water partition coefficient (Wildman–Crippen LogP) is 4.23. The molecular formula is C17H14BrIN2O4S. The Hall–Kier alpha value is -1.46. The summed E-state index contributed by atoms with van der Waals surface area (Å²) in [7, 11) is 2.92. The zero-order valence-electron chi connectivity index (χ0n) is 13.9. The van der Waals surface area contributed by atoms with Crippen molar-refractivity contribution >= 4 is 66.0 Å². The van der Waals surface area contributed by atoms with Crippen molar-refractivity contribution in [1.29, 1.82) is 0 Å². The lowest BCUT2D eigenvalue weighted by Gasteiger charge is -2.18. The molecule has 0 N–H and O–H groups in total. The second-order valence-corrected chi connectivity index (χ2v) is 8.80. The monoisotopic (exact) mass is 548 g/mol. The fraction of sp³-hybridized carbons (Fsp3) is 0.235. The van der Waals surface area contributed by atoms with Gasteiger partial charge in [0.1, 0.15) is 16.9 Å². The van der Waals surface area contributed by atoms with Gasteiger partial charge in [-0.15, -0.1) is 11.3 Å². The number of rotatable bonds is 6. The summed E-state index contributed by atoms with van der Waals surface area (Å²) in [5.74, 6) is 0.541. The summed E-state index contributed by atoms with van der Waals surface area (Å²) in [5, 5.41) is 0.746. The van der Waals surface area contributed by atoms with Crippen LogP contribution in [0, 0.1) is 2.88 Å². The molecule has 0 aliphatic heterocycles. The quantitative estimate of drug-likeness (QED) is 0.339. The first-order valence-corrected chi connectivity index (χ1v) is 10.2. The smallest absolute Gasteiger partial charge is 0.347 e. The maximum Gasteiger partial charge on any atom is 0.347 e. The topological polar surface area (TPSA) is 70.5 Å². The van der Waals surface area contributed by atoms with E-state index in [-0.39, 0.29) is 0 Å². The van der Waals surface area contributed by atoms with Crippen LogP contribution in [-0.2, 0) is 16.0 Å². The van der Waals surface area contributed by atoms with Crippen LogP contribution in [-0.4, -0.2) is 36.3 Å². The third-order valence-corrected chi connectivity index (χ3v) is 7.55. The lowest BCUT2D eigenvalue weighted by Crippen LogP contribution is -2.31. The van der Waals surface area contributed by atoms with Crippen LogP contribution in [0.15, 0.2) is 35.1 Å². The van der Waals surface area contributed by atoms with Crippen molar-refractivity contribution in [3.8, 4) is 11.6 Å². The van der Waals surface area contributed by atoms with Crippen molar-refractivity contribution in [3.63, 3.8) is 0 Å². The highest BCUT2D eigenvalue weighted by atomic mass is 127. The maximum atomic E-state index is 12.3. The summed E-state index contributed by atoms with van der Waals surface area (Å²) in [6.07, 6.45) is 0.855. The summed E-state index contributed by atoms with van der Waals surface area (Å²) < 4.78 is 18.1. The van der Waals surface area contributed by atoms with Gasteiger partial charge in [0.05, 0.1) is 27.0 Å². The Labute approximate surface area is 176 Å². The Morgan fingerprint density at radius 1 is 1.31 bits per heavy atom. The lowest BCUT2D eigenvalue weighted by molar-refractivity contribution is -0.148. The van der Waals surface area contributed by atoms with Crippen molar-refractivity contribution in [2.45, 2.75) is 12.5 Å².